The summed E-state index contributed by atoms with van der Waals surface area (Å²) in [6, 6.07) is 16.0. The zero-order valence-corrected chi connectivity index (χ0v) is 16.3. The molecular weight excluding hydrogens is 362 g/mol. The zero-order chi connectivity index (χ0) is 20.1. The third-order valence-corrected chi connectivity index (χ3v) is 4.91. The monoisotopic (exact) mass is 385 g/mol. The molecule has 0 radical (unpaired) electrons. The third-order valence-electron chi connectivity index (χ3n) is 4.91. The Hall–Kier alpha value is -3.67. The fourth-order valence-corrected chi connectivity index (χ4v) is 3.33. The molecule has 0 fully saturated rings. The number of amides is 1. The number of fused-ring (bicyclic) bond motifs is 1. The molecule has 0 unspecified atom stereocenters. The lowest BCUT2D eigenvalue weighted by Crippen LogP contribution is -2.15. The van der Waals surface area contributed by atoms with E-state index in [1.807, 2.05) is 42.6 Å². The number of aryl methyl sites for hydroxylation is 1. The Morgan fingerprint density at radius 2 is 1.76 bits per heavy atom. The van der Waals surface area contributed by atoms with Gasteiger partial charge in [-0.25, -0.2) is 9.97 Å². The second kappa shape index (κ2) is 8.56. The molecule has 0 saturated heterocycles. The summed E-state index contributed by atoms with van der Waals surface area (Å²) in [5, 5.41) is 7.38. The molecule has 3 N–H and O–H groups in total. The maximum absolute atomic E-state index is 12.5. The highest BCUT2D eigenvalue weighted by atomic mass is 16.1. The number of H-pyrrole nitrogens is 1. The molecule has 0 atom stereocenters. The van der Waals surface area contributed by atoms with E-state index in [4.69, 9.17) is 0 Å². The average molecular weight is 385 g/mol. The lowest BCUT2D eigenvalue weighted by atomic mass is 10.1. The largest absolute Gasteiger partial charge is 0.361 e. The minimum Gasteiger partial charge on any atom is -0.361 e. The topological polar surface area (TPSA) is 82.7 Å². The molecule has 0 aliphatic rings. The fourth-order valence-electron chi connectivity index (χ4n) is 3.33. The molecular formula is C23H23N5O. The van der Waals surface area contributed by atoms with Crippen molar-refractivity contribution in [3.05, 3.63) is 83.8 Å². The van der Waals surface area contributed by atoms with Crippen molar-refractivity contribution in [3.63, 3.8) is 0 Å². The van der Waals surface area contributed by atoms with E-state index >= 15 is 0 Å². The molecule has 6 nitrogen and oxygen atoms in total. The van der Waals surface area contributed by atoms with Crippen molar-refractivity contribution in [2.45, 2.75) is 19.8 Å². The first kappa shape index (κ1) is 18.7. The number of benzene rings is 2. The van der Waals surface area contributed by atoms with E-state index in [0.29, 0.717) is 18.1 Å². The lowest BCUT2D eigenvalue weighted by Gasteiger charge is -2.10. The van der Waals surface area contributed by atoms with Gasteiger partial charge >= 0.3 is 0 Å². The van der Waals surface area contributed by atoms with Crippen molar-refractivity contribution in [2.75, 3.05) is 17.2 Å². The molecule has 1 amide bonds. The Balaban J connectivity index is 1.34. The van der Waals surface area contributed by atoms with Gasteiger partial charge in [-0.2, -0.15) is 0 Å². The summed E-state index contributed by atoms with van der Waals surface area (Å²) in [5.74, 6) is 0.298. The van der Waals surface area contributed by atoms with Gasteiger partial charge < -0.3 is 15.6 Å². The van der Waals surface area contributed by atoms with Crippen LogP contribution >= 0.6 is 0 Å². The van der Waals surface area contributed by atoms with Crippen LogP contribution in [0.2, 0.25) is 0 Å². The summed E-state index contributed by atoms with van der Waals surface area (Å²) in [6.45, 7) is 2.77. The Kier molecular flexibility index (Phi) is 5.52. The number of hydrogen-bond acceptors (Lipinski definition) is 4. The van der Waals surface area contributed by atoms with Crippen LogP contribution in [0.4, 0.5) is 11.6 Å². The molecule has 2 aromatic carbocycles. The van der Waals surface area contributed by atoms with Crippen LogP contribution in [0.15, 0.2) is 67.1 Å². The van der Waals surface area contributed by atoms with Gasteiger partial charge in [0.05, 0.1) is 5.56 Å². The van der Waals surface area contributed by atoms with Crippen molar-refractivity contribution in [1.29, 1.82) is 0 Å². The van der Waals surface area contributed by atoms with Gasteiger partial charge in [-0.05, 0) is 36.1 Å². The van der Waals surface area contributed by atoms with Crippen molar-refractivity contribution >= 4 is 28.4 Å². The standard InChI is InChI=1S/C23H23N5O/c1-2-16-7-3-5-9-20(16)28-22(29)18-14-26-23(27-15-18)24-12-11-17-13-25-21-10-6-4-8-19(17)21/h3-10,13-15,25H,2,11-12H2,1H3,(H,28,29)(H,24,26,27). The van der Waals surface area contributed by atoms with Gasteiger partial charge in [0.2, 0.25) is 5.95 Å². The maximum atomic E-state index is 12.5. The van der Waals surface area contributed by atoms with E-state index in [-0.39, 0.29) is 5.91 Å². The number of carbonyl (C=O) groups is 1. The number of hydrogen-bond donors (Lipinski definition) is 3. The first-order valence-electron chi connectivity index (χ1n) is 9.74. The van der Waals surface area contributed by atoms with E-state index in [1.54, 1.807) is 12.4 Å². The molecule has 146 valence electrons. The van der Waals surface area contributed by atoms with E-state index in [2.05, 4.69) is 44.6 Å². The van der Waals surface area contributed by atoms with Crippen LogP contribution in [-0.2, 0) is 12.8 Å². The molecule has 0 aliphatic heterocycles. The Morgan fingerprint density at radius 3 is 2.59 bits per heavy atom. The van der Waals surface area contributed by atoms with Crippen molar-refractivity contribution < 1.29 is 4.79 Å². The molecule has 2 heterocycles. The molecule has 6 heteroatoms. The highest BCUT2D eigenvalue weighted by molar-refractivity contribution is 6.04. The van der Waals surface area contributed by atoms with Gasteiger partial charge in [-0.15, -0.1) is 0 Å². The molecule has 0 spiro atoms. The second-order valence-corrected chi connectivity index (χ2v) is 6.80. The number of nitrogens with zero attached hydrogens (tertiary/aromatic N) is 2. The van der Waals surface area contributed by atoms with Crippen LogP contribution in [0, 0.1) is 0 Å². The number of carbonyl (C=O) groups excluding carboxylic acids is 1. The predicted molar refractivity (Wildman–Crippen MR) is 116 cm³/mol. The summed E-state index contributed by atoms with van der Waals surface area (Å²) < 4.78 is 0. The molecule has 0 aliphatic carbocycles. The minimum atomic E-state index is -0.212. The Labute approximate surface area is 169 Å². The van der Waals surface area contributed by atoms with E-state index < -0.39 is 0 Å². The van der Waals surface area contributed by atoms with Gasteiger partial charge in [-0.3, -0.25) is 4.79 Å². The molecule has 4 rings (SSSR count). The van der Waals surface area contributed by atoms with Crippen LogP contribution in [-0.4, -0.2) is 27.4 Å². The molecule has 4 aromatic rings. The quantitative estimate of drug-likeness (QED) is 0.440. The van der Waals surface area contributed by atoms with Gasteiger partial charge in [0.1, 0.15) is 0 Å². The van der Waals surface area contributed by atoms with Crippen LogP contribution in [0.3, 0.4) is 0 Å². The molecule has 29 heavy (non-hydrogen) atoms. The summed E-state index contributed by atoms with van der Waals surface area (Å²) in [4.78, 5) is 24.3. The lowest BCUT2D eigenvalue weighted by molar-refractivity contribution is 0.102. The summed E-state index contributed by atoms with van der Waals surface area (Å²) >= 11 is 0. The number of para-hydroxylation sites is 2. The van der Waals surface area contributed by atoms with Crippen LogP contribution in [0.1, 0.15) is 28.4 Å². The summed E-state index contributed by atoms with van der Waals surface area (Å²) in [7, 11) is 0. The highest BCUT2D eigenvalue weighted by Gasteiger charge is 2.10. The van der Waals surface area contributed by atoms with Gasteiger partial charge in [-0.1, -0.05) is 43.3 Å². The number of aromatic amines is 1. The molecule has 0 bridgehead atoms. The Morgan fingerprint density at radius 1 is 1.00 bits per heavy atom. The maximum Gasteiger partial charge on any atom is 0.258 e. The predicted octanol–water partition coefficient (Wildman–Crippen LogP) is 4.43. The van der Waals surface area contributed by atoms with Crippen LogP contribution in [0.5, 0.6) is 0 Å². The van der Waals surface area contributed by atoms with Crippen LogP contribution in [0.25, 0.3) is 10.9 Å². The van der Waals surface area contributed by atoms with Gasteiger partial charge in [0.25, 0.3) is 5.91 Å². The highest BCUT2D eigenvalue weighted by Crippen LogP contribution is 2.18. The van der Waals surface area contributed by atoms with Gasteiger partial charge in [0.15, 0.2) is 0 Å². The molecule has 0 saturated carbocycles. The minimum absolute atomic E-state index is 0.212. The number of anilines is 2. The summed E-state index contributed by atoms with van der Waals surface area (Å²) in [5.41, 5.74) is 4.73. The summed E-state index contributed by atoms with van der Waals surface area (Å²) in [6.07, 6.45) is 6.83. The first-order valence-corrected chi connectivity index (χ1v) is 9.74. The third kappa shape index (κ3) is 4.27. The normalized spacial score (nSPS) is 10.8. The first-order chi connectivity index (χ1) is 14.2. The van der Waals surface area contributed by atoms with E-state index in [9.17, 15) is 4.79 Å². The zero-order valence-electron chi connectivity index (χ0n) is 16.3. The smallest absolute Gasteiger partial charge is 0.258 e. The fraction of sp³-hybridized carbons (Fsp3) is 0.174. The number of nitrogens with one attached hydrogen (secondary N) is 3. The van der Waals surface area contributed by atoms with Crippen LogP contribution < -0.4 is 10.6 Å². The van der Waals surface area contributed by atoms with E-state index in [1.165, 1.54) is 10.9 Å². The Bertz CT molecular complexity index is 1120. The second-order valence-electron chi connectivity index (χ2n) is 6.80. The SMILES string of the molecule is CCc1ccccc1NC(=O)c1cnc(NCCc2c[nH]c3ccccc23)nc1. The number of aromatic nitrogens is 3. The molecule has 2 aromatic heterocycles. The van der Waals surface area contributed by atoms with E-state index in [0.717, 1.165) is 29.6 Å². The van der Waals surface area contributed by atoms with Crippen molar-refractivity contribution in [1.82, 2.24) is 15.0 Å². The average Bonchev–Trinajstić information content (AvgIpc) is 3.18. The van der Waals surface area contributed by atoms with Crippen molar-refractivity contribution in [2.24, 2.45) is 0 Å². The van der Waals surface area contributed by atoms with Crippen molar-refractivity contribution in [3.8, 4) is 0 Å². The van der Waals surface area contributed by atoms with Gasteiger partial charge in [0, 0.05) is 41.7 Å². The number of rotatable bonds is 7.